The fraction of sp³-hybridized carbons (Fsp3) is 0.867. The minimum atomic E-state index is 0.101. The molecule has 0 atom stereocenters. The Hall–Kier alpha value is -1.14. The van der Waals surface area contributed by atoms with Gasteiger partial charge in [-0.2, -0.15) is 0 Å². The van der Waals surface area contributed by atoms with Crippen LogP contribution < -0.4 is 5.73 Å². The van der Waals surface area contributed by atoms with Crippen LogP contribution in [-0.4, -0.2) is 78.9 Å². The van der Waals surface area contributed by atoms with Crippen molar-refractivity contribution in [3.63, 3.8) is 0 Å². The smallest absolute Gasteiger partial charge is 0.236 e. The van der Waals surface area contributed by atoms with Crippen molar-refractivity contribution in [3.05, 3.63) is 0 Å². The number of likely N-dealkylation sites (tertiary alicyclic amines) is 1. The van der Waals surface area contributed by atoms with Gasteiger partial charge in [0.05, 0.1) is 6.54 Å². The summed E-state index contributed by atoms with van der Waals surface area (Å²) >= 11 is 0. The molecule has 2 heterocycles. The fourth-order valence-electron chi connectivity index (χ4n) is 3.23. The number of piperazine rings is 1. The first-order chi connectivity index (χ1) is 10.1. The molecule has 0 saturated carbocycles. The quantitative estimate of drug-likeness (QED) is 0.776. The van der Waals surface area contributed by atoms with Crippen molar-refractivity contribution >= 4 is 11.8 Å². The van der Waals surface area contributed by atoms with Crippen LogP contribution in [0.5, 0.6) is 0 Å². The van der Waals surface area contributed by atoms with Gasteiger partial charge in [-0.3, -0.25) is 14.5 Å². The molecule has 2 rings (SSSR count). The molecule has 6 heteroatoms. The Morgan fingerprint density at radius 3 is 2.10 bits per heavy atom. The topological polar surface area (TPSA) is 69.9 Å². The molecule has 0 spiro atoms. The maximum absolute atomic E-state index is 12.3. The summed E-state index contributed by atoms with van der Waals surface area (Å²) in [6, 6.07) is 0. The van der Waals surface area contributed by atoms with Crippen molar-refractivity contribution in [2.75, 3.05) is 52.4 Å². The largest absolute Gasteiger partial charge is 0.339 e. The molecule has 0 aliphatic carbocycles. The predicted molar refractivity (Wildman–Crippen MR) is 81.7 cm³/mol. The summed E-state index contributed by atoms with van der Waals surface area (Å²) in [6.07, 6.45) is 3.42. The van der Waals surface area contributed by atoms with Crippen molar-refractivity contribution in [3.8, 4) is 0 Å². The molecule has 0 aromatic heterocycles. The van der Waals surface area contributed by atoms with Crippen LogP contribution >= 0.6 is 0 Å². The molecule has 2 aliphatic heterocycles. The van der Waals surface area contributed by atoms with Crippen LogP contribution in [0, 0.1) is 5.92 Å². The molecule has 0 radical (unpaired) electrons. The second kappa shape index (κ2) is 7.75. The molecular formula is C15H28N4O2. The van der Waals surface area contributed by atoms with E-state index in [1.807, 2.05) is 9.80 Å². The van der Waals surface area contributed by atoms with Gasteiger partial charge in [0.25, 0.3) is 0 Å². The average Bonchev–Trinajstić information content (AvgIpc) is 2.49. The van der Waals surface area contributed by atoms with Gasteiger partial charge in [-0.25, -0.2) is 0 Å². The van der Waals surface area contributed by atoms with E-state index in [0.717, 1.165) is 44.8 Å². The lowest BCUT2D eigenvalue weighted by molar-refractivity contribution is -0.139. The van der Waals surface area contributed by atoms with Gasteiger partial charge in [-0.15, -0.1) is 0 Å². The lowest BCUT2D eigenvalue weighted by Crippen LogP contribution is -2.52. The number of piperidine rings is 1. The van der Waals surface area contributed by atoms with Gasteiger partial charge in [-0.1, -0.05) is 0 Å². The van der Waals surface area contributed by atoms with Crippen LogP contribution in [0.15, 0.2) is 0 Å². The summed E-state index contributed by atoms with van der Waals surface area (Å²) in [7, 11) is 0. The Kier molecular flexibility index (Phi) is 5.99. The van der Waals surface area contributed by atoms with Gasteiger partial charge >= 0.3 is 0 Å². The van der Waals surface area contributed by atoms with Crippen LogP contribution in [0.25, 0.3) is 0 Å². The van der Waals surface area contributed by atoms with Gasteiger partial charge in [0.15, 0.2) is 0 Å². The van der Waals surface area contributed by atoms with Gasteiger partial charge in [-0.05, 0) is 44.8 Å². The molecule has 2 amide bonds. The number of nitrogens with zero attached hydrogens (tertiary/aromatic N) is 3. The normalized spacial score (nSPS) is 21.6. The molecule has 2 saturated heterocycles. The molecule has 0 aromatic rings. The Morgan fingerprint density at radius 2 is 1.57 bits per heavy atom. The summed E-state index contributed by atoms with van der Waals surface area (Å²) < 4.78 is 0. The average molecular weight is 296 g/mol. The Labute approximate surface area is 127 Å². The number of hydrogen-bond donors (Lipinski definition) is 1. The van der Waals surface area contributed by atoms with Crippen LogP contribution in [0.4, 0.5) is 0 Å². The standard InChI is InChI=1S/C15H28N4O2/c1-13(20)18-8-10-19(11-9-18)15(21)12-17-6-3-14(2-5-16)4-7-17/h14H,2-12,16H2,1H3. The minimum absolute atomic E-state index is 0.101. The number of amides is 2. The maximum Gasteiger partial charge on any atom is 0.236 e. The number of rotatable bonds is 4. The molecule has 0 bridgehead atoms. The van der Waals surface area contributed by atoms with E-state index in [1.165, 1.54) is 0 Å². The number of nitrogens with two attached hydrogens (primary N) is 1. The highest BCUT2D eigenvalue weighted by molar-refractivity contribution is 5.79. The second-order valence-corrected chi connectivity index (χ2v) is 6.18. The van der Waals surface area contributed by atoms with E-state index in [-0.39, 0.29) is 11.8 Å². The highest BCUT2D eigenvalue weighted by Crippen LogP contribution is 2.19. The van der Waals surface area contributed by atoms with E-state index in [2.05, 4.69) is 4.90 Å². The summed E-state index contributed by atoms with van der Waals surface area (Å²) in [6.45, 7) is 7.56. The zero-order chi connectivity index (χ0) is 15.2. The highest BCUT2D eigenvalue weighted by atomic mass is 16.2. The summed E-state index contributed by atoms with van der Waals surface area (Å²) in [5.74, 6) is 1.04. The Balaban J connectivity index is 1.70. The predicted octanol–water partition coefficient (Wildman–Crippen LogP) is -0.262. The van der Waals surface area contributed by atoms with E-state index in [1.54, 1.807) is 6.92 Å². The van der Waals surface area contributed by atoms with Crippen molar-refractivity contribution < 1.29 is 9.59 Å². The zero-order valence-electron chi connectivity index (χ0n) is 13.1. The summed E-state index contributed by atoms with van der Waals surface area (Å²) in [4.78, 5) is 29.6. The van der Waals surface area contributed by atoms with Gasteiger partial charge in [0, 0.05) is 33.1 Å². The van der Waals surface area contributed by atoms with E-state index in [4.69, 9.17) is 5.73 Å². The van der Waals surface area contributed by atoms with Gasteiger partial charge in [0.1, 0.15) is 0 Å². The van der Waals surface area contributed by atoms with E-state index >= 15 is 0 Å². The third kappa shape index (κ3) is 4.68. The SMILES string of the molecule is CC(=O)N1CCN(C(=O)CN2CCC(CCN)CC2)CC1. The first-order valence-electron chi connectivity index (χ1n) is 8.06. The molecule has 6 nitrogen and oxygen atoms in total. The molecule has 120 valence electrons. The zero-order valence-corrected chi connectivity index (χ0v) is 13.1. The summed E-state index contributed by atoms with van der Waals surface area (Å²) in [5.41, 5.74) is 5.60. The lowest BCUT2D eigenvalue weighted by atomic mass is 9.94. The lowest BCUT2D eigenvalue weighted by Gasteiger charge is -2.36. The molecule has 2 N–H and O–H groups in total. The number of carbonyl (C=O) groups is 2. The Bertz CT molecular complexity index is 359. The molecule has 0 aromatic carbocycles. The first kappa shape index (κ1) is 16.2. The molecule has 21 heavy (non-hydrogen) atoms. The van der Waals surface area contributed by atoms with Crippen LogP contribution in [0.1, 0.15) is 26.2 Å². The van der Waals surface area contributed by atoms with Gasteiger partial charge < -0.3 is 15.5 Å². The molecular weight excluding hydrogens is 268 g/mol. The highest BCUT2D eigenvalue weighted by Gasteiger charge is 2.25. The summed E-state index contributed by atoms with van der Waals surface area (Å²) in [5, 5.41) is 0. The van der Waals surface area contributed by atoms with Crippen molar-refractivity contribution in [1.29, 1.82) is 0 Å². The van der Waals surface area contributed by atoms with E-state index in [9.17, 15) is 9.59 Å². The molecule has 2 fully saturated rings. The van der Waals surface area contributed by atoms with Crippen molar-refractivity contribution in [1.82, 2.24) is 14.7 Å². The maximum atomic E-state index is 12.3. The van der Waals surface area contributed by atoms with E-state index < -0.39 is 0 Å². The van der Waals surface area contributed by atoms with Crippen LogP contribution in [0.3, 0.4) is 0 Å². The van der Waals surface area contributed by atoms with Gasteiger partial charge in [0.2, 0.25) is 11.8 Å². The second-order valence-electron chi connectivity index (χ2n) is 6.18. The van der Waals surface area contributed by atoms with Crippen LogP contribution in [-0.2, 0) is 9.59 Å². The Morgan fingerprint density at radius 1 is 1.00 bits per heavy atom. The monoisotopic (exact) mass is 296 g/mol. The van der Waals surface area contributed by atoms with Crippen molar-refractivity contribution in [2.24, 2.45) is 11.7 Å². The van der Waals surface area contributed by atoms with E-state index in [0.29, 0.717) is 32.7 Å². The van der Waals surface area contributed by atoms with Crippen LogP contribution in [0.2, 0.25) is 0 Å². The minimum Gasteiger partial charge on any atom is -0.339 e. The fourth-order valence-corrected chi connectivity index (χ4v) is 3.23. The molecule has 0 unspecified atom stereocenters. The third-order valence-corrected chi connectivity index (χ3v) is 4.72. The number of carbonyl (C=O) groups excluding carboxylic acids is 2. The van der Waals surface area contributed by atoms with Crippen molar-refractivity contribution in [2.45, 2.75) is 26.2 Å². The first-order valence-corrected chi connectivity index (χ1v) is 8.06. The number of hydrogen-bond acceptors (Lipinski definition) is 4. The molecule has 2 aliphatic rings. The third-order valence-electron chi connectivity index (χ3n) is 4.72.